The van der Waals surface area contributed by atoms with Crippen LogP contribution in [-0.4, -0.2) is 26.6 Å². The first-order valence-corrected chi connectivity index (χ1v) is 7.58. The summed E-state index contributed by atoms with van der Waals surface area (Å²) in [5.74, 6) is 0.908. The third kappa shape index (κ3) is 3.08. The highest BCUT2D eigenvalue weighted by Crippen LogP contribution is 2.25. The van der Waals surface area contributed by atoms with E-state index in [9.17, 15) is 9.59 Å². The van der Waals surface area contributed by atoms with Crippen LogP contribution in [0.3, 0.4) is 0 Å². The van der Waals surface area contributed by atoms with Gasteiger partial charge in [-0.25, -0.2) is 4.68 Å². The molecule has 3 rings (SSSR count). The number of aryl methyl sites for hydroxylation is 1. The summed E-state index contributed by atoms with van der Waals surface area (Å²) in [5, 5.41) is 9.60. The van der Waals surface area contributed by atoms with Crippen molar-refractivity contribution in [2.45, 2.75) is 39.2 Å². The van der Waals surface area contributed by atoms with Gasteiger partial charge in [-0.15, -0.1) is 0 Å². The van der Waals surface area contributed by atoms with Gasteiger partial charge in [0.15, 0.2) is 0 Å². The molecule has 0 saturated carbocycles. The van der Waals surface area contributed by atoms with Crippen molar-refractivity contribution in [3.05, 3.63) is 35.7 Å². The highest BCUT2D eigenvalue weighted by atomic mass is 16.2. The zero-order valence-corrected chi connectivity index (χ0v) is 13.3. The normalized spacial score (nSPS) is 16.3. The lowest BCUT2D eigenvalue weighted by Gasteiger charge is -2.11. The number of amides is 2. The van der Waals surface area contributed by atoms with Gasteiger partial charge in [0.05, 0.1) is 6.42 Å². The second kappa shape index (κ2) is 5.83. The Kier molecular flexibility index (Phi) is 3.85. The molecule has 0 fully saturated rings. The number of fused-ring (bicyclic) bond motifs is 1. The molecule has 23 heavy (non-hydrogen) atoms. The van der Waals surface area contributed by atoms with Gasteiger partial charge < -0.3 is 5.32 Å². The Morgan fingerprint density at radius 1 is 1.35 bits per heavy atom. The standard InChI is InChI=1S/C16H19N5O2/c1-9(2)11-4-6-12(7-5-11)18-14(22)8-13-15(23)19-16-17-10(3)20-21(13)16/h4-7,9,13H,8H2,1-3H3,(H,18,22)(H,17,19,20,23)/t13-/m0/s1. The SMILES string of the molecule is Cc1nc2n(n1)[C@@H](CC(=O)Nc1ccc(C(C)C)cc1)C(=O)N2. The molecule has 1 aliphatic rings. The van der Waals surface area contributed by atoms with E-state index in [0.717, 1.165) is 0 Å². The zero-order valence-electron chi connectivity index (χ0n) is 13.3. The van der Waals surface area contributed by atoms with Crippen molar-refractivity contribution in [1.82, 2.24) is 14.8 Å². The topological polar surface area (TPSA) is 88.9 Å². The van der Waals surface area contributed by atoms with E-state index in [4.69, 9.17) is 0 Å². The maximum absolute atomic E-state index is 12.2. The minimum atomic E-state index is -0.652. The molecule has 1 atom stereocenters. The number of carbonyl (C=O) groups excluding carboxylic acids is 2. The van der Waals surface area contributed by atoms with Crippen LogP contribution in [0.25, 0.3) is 0 Å². The van der Waals surface area contributed by atoms with Crippen LogP contribution < -0.4 is 10.6 Å². The molecule has 120 valence electrons. The first-order chi connectivity index (χ1) is 10.9. The van der Waals surface area contributed by atoms with Crippen LogP contribution in [0.15, 0.2) is 24.3 Å². The van der Waals surface area contributed by atoms with Gasteiger partial charge in [0.2, 0.25) is 11.9 Å². The fourth-order valence-electron chi connectivity index (χ4n) is 2.56. The molecule has 1 aromatic carbocycles. The van der Waals surface area contributed by atoms with Crippen LogP contribution in [0, 0.1) is 6.92 Å². The molecular formula is C16H19N5O2. The van der Waals surface area contributed by atoms with Gasteiger partial charge in [-0.3, -0.25) is 14.9 Å². The van der Waals surface area contributed by atoms with Gasteiger partial charge >= 0.3 is 0 Å². The molecule has 0 spiro atoms. The summed E-state index contributed by atoms with van der Waals surface area (Å²) < 4.78 is 1.47. The summed E-state index contributed by atoms with van der Waals surface area (Å²) in [4.78, 5) is 28.2. The Morgan fingerprint density at radius 3 is 2.70 bits per heavy atom. The largest absolute Gasteiger partial charge is 0.326 e. The van der Waals surface area contributed by atoms with Gasteiger partial charge in [-0.1, -0.05) is 26.0 Å². The maximum atomic E-state index is 12.2. The van der Waals surface area contributed by atoms with Crippen molar-refractivity contribution in [2.24, 2.45) is 0 Å². The Balaban J connectivity index is 1.66. The van der Waals surface area contributed by atoms with Gasteiger partial charge in [0.25, 0.3) is 5.91 Å². The lowest BCUT2D eigenvalue weighted by Crippen LogP contribution is -2.23. The third-order valence-electron chi connectivity index (χ3n) is 3.81. The van der Waals surface area contributed by atoms with Crippen LogP contribution in [0.1, 0.15) is 43.6 Å². The first-order valence-electron chi connectivity index (χ1n) is 7.58. The van der Waals surface area contributed by atoms with Crippen molar-refractivity contribution in [2.75, 3.05) is 10.6 Å². The average molecular weight is 313 g/mol. The van der Waals surface area contributed by atoms with E-state index in [-0.39, 0.29) is 18.2 Å². The molecule has 1 aromatic heterocycles. The number of hydrogen-bond donors (Lipinski definition) is 2. The van der Waals surface area contributed by atoms with E-state index in [1.807, 2.05) is 24.3 Å². The zero-order chi connectivity index (χ0) is 16.6. The summed E-state index contributed by atoms with van der Waals surface area (Å²) >= 11 is 0. The number of benzene rings is 1. The van der Waals surface area contributed by atoms with Crippen LogP contribution in [0.5, 0.6) is 0 Å². The second-order valence-electron chi connectivity index (χ2n) is 5.96. The van der Waals surface area contributed by atoms with Crippen LogP contribution in [-0.2, 0) is 9.59 Å². The fraction of sp³-hybridized carbons (Fsp3) is 0.375. The summed E-state index contributed by atoms with van der Waals surface area (Å²) in [6.07, 6.45) is 0.0214. The molecule has 0 bridgehead atoms. The Labute approximate surface area is 134 Å². The van der Waals surface area contributed by atoms with Crippen LogP contribution >= 0.6 is 0 Å². The molecule has 2 aromatic rings. The molecule has 2 amide bonds. The number of anilines is 2. The first kappa shape index (κ1) is 15.2. The van der Waals surface area contributed by atoms with E-state index < -0.39 is 6.04 Å². The molecular weight excluding hydrogens is 294 g/mol. The molecule has 0 saturated heterocycles. The molecule has 0 radical (unpaired) electrons. The van der Waals surface area contributed by atoms with E-state index >= 15 is 0 Å². The Morgan fingerprint density at radius 2 is 2.04 bits per heavy atom. The predicted molar refractivity (Wildman–Crippen MR) is 86.2 cm³/mol. The number of nitrogens with one attached hydrogen (secondary N) is 2. The molecule has 7 nitrogen and oxygen atoms in total. The monoisotopic (exact) mass is 313 g/mol. The minimum Gasteiger partial charge on any atom is -0.326 e. The van der Waals surface area contributed by atoms with Gasteiger partial charge in [-0.2, -0.15) is 10.1 Å². The lowest BCUT2D eigenvalue weighted by molar-refractivity contribution is -0.123. The minimum absolute atomic E-state index is 0.0214. The molecule has 1 aliphatic heterocycles. The lowest BCUT2D eigenvalue weighted by atomic mass is 10.0. The number of carbonyl (C=O) groups is 2. The van der Waals surface area contributed by atoms with Crippen molar-refractivity contribution >= 4 is 23.5 Å². The average Bonchev–Trinajstić information content (AvgIpc) is 2.97. The molecule has 2 heterocycles. The van der Waals surface area contributed by atoms with Crippen molar-refractivity contribution < 1.29 is 9.59 Å². The highest BCUT2D eigenvalue weighted by molar-refractivity contribution is 6.00. The Bertz CT molecular complexity index is 748. The van der Waals surface area contributed by atoms with E-state index in [0.29, 0.717) is 23.4 Å². The quantitative estimate of drug-likeness (QED) is 0.906. The smallest absolute Gasteiger partial charge is 0.252 e. The Hall–Kier alpha value is -2.70. The second-order valence-corrected chi connectivity index (χ2v) is 5.96. The fourth-order valence-corrected chi connectivity index (χ4v) is 2.56. The summed E-state index contributed by atoms with van der Waals surface area (Å²) in [6, 6.07) is 7.06. The maximum Gasteiger partial charge on any atom is 0.252 e. The van der Waals surface area contributed by atoms with E-state index in [2.05, 4.69) is 34.6 Å². The van der Waals surface area contributed by atoms with Crippen molar-refractivity contribution in [1.29, 1.82) is 0 Å². The van der Waals surface area contributed by atoms with Crippen LogP contribution in [0.4, 0.5) is 11.6 Å². The van der Waals surface area contributed by atoms with Gasteiger partial charge in [0.1, 0.15) is 11.9 Å². The third-order valence-corrected chi connectivity index (χ3v) is 3.81. The molecule has 7 heteroatoms. The number of rotatable bonds is 4. The van der Waals surface area contributed by atoms with Gasteiger partial charge in [-0.05, 0) is 30.5 Å². The van der Waals surface area contributed by atoms with Gasteiger partial charge in [0, 0.05) is 5.69 Å². The number of nitrogens with zero attached hydrogens (tertiary/aromatic N) is 3. The van der Waals surface area contributed by atoms with Crippen molar-refractivity contribution in [3.8, 4) is 0 Å². The van der Waals surface area contributed by atoms with E-state index in [1.165, 1.54) is 10.2 Å². The summed E-state index contributed by atoms with van der Waals surface area (Å²) in [5.41, 5.74) is 1.92. The van der Waals surface area contributed by atoms with Crippen LogP contribution in [0.2, 0.25) is 0 Å². The number of hydrogen-bond acceptors (Lipinski definition) is 4. The molecule has 0 unspecified atom stereocenters. The molecule has 0 aliphatic carbocycles. The summed E-state index contributed by atoms with van der Waals surface area (Å²) in [6.45, 7) is 5.97. The van der Waals surface area contributed by atoms with Crippen molar-refractivity contribution in [3.63, 3.8) is 0 Å². The highest BCUT2D eigenvalue weighted by Gasteiger charge is 2.34. The summed E-state index contributed by atoms with van der Waals surface area (Å²) in [7, 11) is 0. The van der Waals surface area contributed by atoms with E-state index in [1.54, 1.807) is 6.92 Å². The molecule has 2 N–H and O–H groups in total. The predicted octanol–water partition coefficient (Wildman–Crippen LogP) is 2.23. The number of aromatic nitrogens is 3.